The van der Waals surface area contributed by atoms with Gasteiger partial charge in [-0.15, -0.1) is 0 Å². The van der Waals surface area contributed by atoms with Crippen molar-refractivity contribution >= 4 is 17.4 Å². The molecular weight excluding hydrogens is 235 g/mol. The molecule has 0 radical (unpaired) electrons. The first-order valence-corrected chi connectivity index (χ1v) is 6.42. The number of anilines is 1. The van der Waals surface area contributed by atoms with E-state index in [-0.39, 0.29) is 5.69 Å². The second kappa shape index (κ2) is 6.68. The van der Waals surface area contributed by atoms with E-state index in [1.807, 2.05) is 6.26 Å². The molecule has 0 atom stereocenters. The lowest BCUT2D eigenvalue weighted by molar-refractivity contribution is 0.447. The van der Waals surface area contributed by atoms with E-state index in [4.69, 9.17) is 0 Å². The van der Waals surface area contributed by atoms with Crippen molar-refractivity contribution < 1.29 is 13.2 Å². The average Bonchev–Trinajstić information content (AvgIpc) is 2.25. The van der Waals surface area contributed by atoms with Crippen LogP contribution in [0.25, 0.3) is 0 Å². The van der Waals surface area contributed by atoms with Gasteiger partial charge in [0, 0.05) is 24.4 Å². The van der Waals surface area contributed by atoms with Gasteiger partial charge in [-0.3, -0.25) is 0 Å². The third kappa shape index (κ3) is 3.96. The molecule has 1 aromatic rings. The lowest BCUT2D eigenvalue weighted by Gasteiger charge is -2.06. The summed E-state index contributed by atoms with van der Waals surface area (Å²) >= 11 is 1.76. The average molecular weight is 249 g/mol. The first kappa shape index (κ1) is 13.2. The van der Waals surface area contributed by atoms with E-state index < -0.39 is 17.5 Å². The summed E-state index contributed by atoms with van der Waals surface area (Å²) < 4.78 is 38.2. The first-order chi connectivity index (χ1) is 7.65. The maximum Gasteiger partial charge on any atom is 0.194 e. The molecule has 90 valence electrons. The Morgan fingerprint density at radius 3 is 2.31 bits per heavy atom. The van der Waals surface area contributed by atoms with Crippen molar-refractivity contribution in [3.63, 3.8) is 0 Å². The number of unbranched alkanes of at least 4 members (excludes halogenated alkanes) is 1. The molecule has 0 saturated heterocycles. The summed E-state index contributed by atoms with van der Waals surface area (Å²) in [6.07, 6.45) is 3.99. The molecule has 0 unspecified atom stereocenters. The highest BCUT2D eigenvalue weighted by Gasteiger charge is 2.09. The molecule has 0 saturated carbocycles. The van der Waals surface area contributed by atoms with Crippen molar-refractivity contribution in [1.29, 1.82) is 0 Å². The van der Waals surface area contributed by atoms with E-state index in [0.29, 0.717) is 6.54 Å². The van der Waals surface area contributed by atoms with Gasteiger partial charge in [-0.05, 0) is 24.9 Å². The smallest absolute Gasteiger partial charge is 0.194 e. The van der Waals surface area contributed by atoms with Crippen LogP contribution < -0.4 is 5.32 Å². The number of halogens is 3. The zero-order valence-electron chi connectivity index (χ0n) is 9.03. The molecule has 0 amide bonds. The van der Waals surface area contributed by atoms with E-state index in [1.165, 1.54) is 0 Å². The lowest BCUT2D eigenvalue weighted by atomic mass is 10.2. The lowest BCUT2D eigenvalue weighted by Crippen LogP contribution is -2.03. The van der Waals surface area contributed by atoms with Gasteiger partial charge in [-0.2, -0.15) is 11.8 Å². The largest absolute Gasteiger partial charge is 0.385 e. The minimum absolute atomic E-state index is 0.278. The van der Waals surface area contributed by atoms with E-state index in [9.17, 15) is 13.2 Å². The third-order valence-corrected chi connectivity index (χ3v) is 2.79. The van der Waals surface area contributed by atoms with Gasteiger partial charge in [-0.1, -0.05) is 0 Å². The van der Waals surface area contributed by atoms with Gasteiger partial charge in [0.15, 0.2) is 17.5 Å². The van der Waals surface area contributed by atoms with Crippen molar-refractivity contribution in [3.8, 4) is 0 Å². The number of thioether (sulfide) groups is 1. The molecule has 0 heterocycles. The molecular formula is C11H14F3NS. The SMILES string of the molecule is CSCCCCNc1cc(F)c(F)c(F)c1. The third-order valence-electron chi connectivity index (χ3n) is 2.09. The number of hydrogen-bond acceptors (Lipinski definition) is 2. The maximum atomic E-state index is 12.8. The predicted octanol–water partition coefficient (Wildman–Crippen LogP) is 3.66. The van der Waals surface area contributed by atoms with Gasteiger partial charge in [0.1, 0.15) is 0 Å². The van der Waals surface area contributed by atoms with E-state index in [2.05, 4.69) is 5.32 Å². The molecule has 0 fully saturated rings. The molecule has 1 nitrogen and oxygen atoms in total. The second-order valence-corrected chi connectivity index (χ2v) is 4.37. The Labute approximate surface area is 97.4 Å². The van der Waals surface area contributed by atoms with Gasteiger partial charge in [0.25, 0.3) is 0 Å². The first-order valence-electron chi connectivity index (χ1n) is 5.02. The number of rotatable bonds is 6. The van der Waals surface area contributed by atoms with Crippen LogP contribution in [0, 0.1) is 17.5 Å². The summed E-state index contributed by atoms with van der Waals surface area (Å²) in [5.74, 6) is -2.68. The summed E-state index contributed by atoms with van der Waals surface area (Å²) in [6.45, 7) is 0.630. The van der Waals surface area contributed by atoms with Gasteiger partial charge in [0.2, 0.25) is 0 Å². The minimum Gasteiger partial charge on any atom is -0.385 e. The van der Waals surface area contributed by atoms with Crippen LogP contribution in [-0.4, -0.2) is 18.6 Å². The number of benzene rings is 1. The van der Waals surface area contributed by atoms with Crippen LogP contribution in [-0.2, 0) is 0 Å². The molecule has 0 aromatic heterocycles. The molecule has 1 rings (SSSR count). The molecule has 0 spiro atoms. The Bertz CT molecular complexity index is 321. The summed E-state index contributed by atoms with van der Waals surface area (Å²) in [6, 6.07) is 1.93. The Balaban J connectivity index is 2.43. The van der Waals surface area contributed by atoms with Crippen molar-refractivity contribution in [2.24, 2.45) is 0 Å². The Morgan fingerprint density at radius 2 is 1.75 bits per heavy atom. The van der Waals surface area contributed by atoms with Crippen LogP contribution in [0.1, 0.15) is 12.8 Å². The monoisotopic (exact) mass is 249 g/mol. The highest BCUT2D eigenvalue weighted by molar-refractivity contribution is 7.98. The van der Waals surface area contributed by atoms with Gasteiger partial charge < -0.3 is 5.32 Å². The van der Waals surface area contributed by atoms with Gasteiger partial charge in [0.05, 0.1) is 0 Å². The fourth-order valence-corrected chi connectivity index (χ4v) is 1.75. The maximum absolute atomic E-state index is 12.8. The Kier molecular flexibility index (Phi) is 5.52. The Morgan fingerprint density at radius 1 is 1.12 bits per heavy atom. The number of hydrogen-bond donors (Lipinski definition) is 1. The van der Waals surface area contributed by atoms with Crippen molar-refractivity contribution in [2.75, 3.05) is 23.9 Å². The normalized spacial score (nSPS) is 10.5. The summed E-state index contributed by atoms with van der Waals surface area (Å²) in [7, 11) is 0. The summed E-state index contributed by atoms with van der Waals surface area (Å²) in [4.78, 5) is 0. The van der Waals surface area contributed by atoms with Crippen molar-refractivity contribution in [3.05, 3.63) is 29.6 Å². The van der Waals surface area contributed by atoms with Gasteiger partial charge >= 0.3 is 0 Å². The fraction of sp³-hybridized carbons (Fsp3) is 0.455. The van der Waals surface area contributed by atoms with Crippen LogP contribution in [0.15, 0.2) is 12.1 Å². The number of nitrogens with one attached hydrogen (secondary N) is 1. The minimum atomic E-state index is -1.42. The zero-order chi connectivity index (χ0) is 12.0. The zero-order valence-corrected chi connectivity index (χ0v) is 9.84. The van der Waals surface area contributed by atoms with Gasteiger partial charge in [-0.25, -0.2) is 13.2 Å². The van der Waals surface area contributed by atoms with E-state index in [1.54, 1.807) is 11.8 Å². The van der Waals surface area contributed by atoms with E-state index >= 15 is 0 Å². The summed E-state index contributed by atoms with van der Waals surface area (Å²) in [5.41, 5.74) is 0.278. The van der Waals surface area contributed by atoms with Crippen LogP contribution in [0.5, 0.6) is 0 Å². The van der Waals surface area contributed by atoms with E-state index in [0.717, 1.165) is 30.7 Å². The standard InChI is InChI=1S/C11H14F3NS/c1-16-5-3-2-4-15-8-6-9(12)11(14)10(13)7-8/h6-7,15H,2-5H2,1H3. The highest BCUT2D eigenvalue weighted by atomic mass is 32.2. The Hall–Kier alpha value is -0.840. The molecule has 1 aromatic carbocycles. The van der Waals surface area contributed by atoms with Crippen LogP contribution in [0.4, 0.5) is 18.9 Å². The second-order valence-electron chi connectivity index (χ2n) is 3.38. The van der Waals surface area contributed by atoms with Crippen LogP contribution in [0.2, 0.25) is 0 Å². The summed E-state index contributed by atoms with van der Waals surface area (Å²) in [5, 5.41) is 2.86. The predicted molar refractivity (Wildman–Crippen MR) is 62.4 cm³/mol. The molecule has 0 aliphatic heterocycles. The molecule has 5 heteroatoms. The molecule has 1 N–H and O–H groups in total. The topological polar surface area (TPSA) is 12.0 Å². The molecule has 0 aliphatic rings. The fourth-order valence-electron chi connectivity index (χ4n) is 1.26. The van der Waals surface area contributed by atoms with Crippen molar-refractivity contribution in [2.45, 2.75) is 12.8 Å². The molecule has 0 aliphatic carbocycles. The quantitative estimate of drug-likeness (QED) is 0.610. The van der Waals surface area contributed by atoms with Crippen molar-refractivity contribution in [1.82, 2.24) is 0 Å². The molecule has 0 bridgehead atoms. The van der Waals surface area contributed by atoms with Crippen LogP contribution in [0.3, 0.4) is 0 Å². The molecule has 16 heavy (non-hydrogen) atoms. The highest BCUT2D eigenvalue weighted by Crippen LogP contribution is 2.17. The van der Waals surface area contributed by atoms with Crippen LogP contribution >= 0.6 is 11.8 Å².